The minimum Gasteiger partial charge on any atom is -0.376 e. The number of piperidine rings is 1. The molecular formula is C19H26N4O3. The zero-order valence-corrected chi connectivity index (χ0v) is 15.2. The highest BCUT2D eigenvalue weighted by atomic mass is 16.2. The zero-order valence-electron chi connectivity index (χ0n) is 15.2. The van der Waals surface area contributed by atoms with Crippen LogP contribution >= 0.6 is 0 Å². The van der Waals surface area contributed by atoms with Crippen LogP contribution in [0.1, 0.15) is 31.2 Å². The Morgan fingerprint density at radius 1 is 1.15 bits per heavy atom. The molecule has 0 aliphatic carbocycles. The third-order valence-corrected chi connectivity index (χ3v) is 5.17. The Morgan fingerprint density at radius 3 is 2.46 bits per heavy atom. The number of nitrogens with zero attached hydrogens (tertiary/aromatic N) is 2. The molecule has 1 aromatic carbocycles. The molecule has 0 bridgehead atoms. The standard InChI is InChI=1S/C19H26N4O3/c1-2-22-9-11-23(12-10-22)18(25)13-20-15-5-3-14(4-6-15)16-7-8-17(24)21-19(16)26/h3-6,16,20H,2,7-13H2,1H3,(H,21,24,26). The summed E-state index contributed by atoms with van der Waals surface area (Å²) in [6.45, 7) is 6.86. The molecule has 2 N–H and O–H groups in total. The molecule has 2 aliphatic rings. The van der Waals surface area contributed by atoms with Crippen LogP contribution in [0.15, 0.2) is 24.3 Å². The number of rotatable bonds is 5. The first-order valence-corrected chi connectivity index (χ1v) is 9.24. The quantitative estimate of drug-likeness (QED) is 0.761. The van der Waals surface area contributed by atoms with Crippen LogP contribution in [0.25, 0.3) is 0 Å². The molecule has 2 aliphatic heterocycles. The first-order chi connectivity index (χ1) is 12.6. The summed E-state index contributed by atoms with van der Waals surface area (Å²) in [5.41, 5.74) is 1.74. The fraction of sp³-hybridized carbons (Fsp3) is 0.526. The maximum absolute atomic E-state index is 12.3. The van der Waals surface area contributed by atoms with Crippen molar-refractivity contribution in [3.63, 3.8) is 0 Å². The number of carbonyl (C=O) groups excluding carboxylic acids is 3. The molecule has 2 heterocycles. The number of likely N-dealkylation sites (N-methyl/N-ethyl adjacent to an activating group) is 1. The zero-order chi connectivity index (χ0) is 18.5. The Labute approximate surface area is 153 Å². The van der Waals surface area contributed by atoms with Crippen molar-refractivity contribution < 1.29 is 14.4 Å². The predicted molar refractivity (Wildman–Crippen MR) is 98.8 cm³/mol. The molecule has 1 unspecified atom stereocenters. The molecule has 0 radical (unpaired) electrons. The van der Waals surface area contributed by atoms with Gasteiger partial charge in [-0.25, -0.2) is 0 Å². The molecule has 2 saturated heterocycles. The SMILES string of the molecule is CCN1CCN(C(=O)CNc2ccc(C3CCC(=O)NC3=O)cc2)CC1. The largest absolute Gasteiger partial charge is 0.376 e. The number of anilines is 1. The van der Waals surface area contributed by atoms with Crippen LogP contribution in [-0.4, -0.2) is 66.8 Å². The first kappa shape index (κ1) is 18.4. The second-order valence-corrected chi connectivity index (χ2v) is 6.79. The van der Waals surface area contributed by atoms with Crippen molar-refractivity contribution in [1.82, 2.24) is 15.1 Å². The van der Waals surface area contributed by atoms with Gasteiger partial charge in [0, 0.05) is 38.3 Å². The van der Waals surface area contributed by atoms with Crippen molar-refractivity contribution in [2.24, 2.45) is 0 Å². The smallest absolute Gasteiger partial charge is 0.241 e. The van der Waals surface area contributed by atoms with Crippen LogP contribution in [0.5, 0.6) is 0 Å². The Hall–Kier alpha value is -2.41. The van der Waals surface area contributed by atoms with Gasteiger partial charge >= 0.3 is 0 Å². The molecule has 1 aromatic rings. The number of nitrogens with one attached hydrogen (secondary N) is 2. The summed E-state index contributed by atoms with van der Waals surface area (Å²) >= 11 is 0. The van der Waals surface area contributed by atoms with Gasteiger partial charge in [-0.2, -0.15) is 0 Å². The topological polar surface area (TPSA) is 81.8 Å². The maximum Gasteiger partial charge on any atom is 0.241 e. The van der Waals surface area contributed by atoms with E-state index in [1.54, 1.807) is 0 Å². The Kier molecular flexibility index (Phi) is 5.88. The minimum atomic E-state index is -0.279. The normalized spacial score (nSPS) is 21.4. The number of piperazine rings is 1. The summed E-state index contributed by atoms with van der Waals surface area (Å²) in [4.78, 5) is 39.7. The van der Waals surface area contributed by atoms with E-state index < -0.39 is 0 Å². The van der Waals surface area contributed by atoms with Crippen molar-refractivity contribution in [2.45, 2.75) is 25.7 Å². The van der Waals surface area contributed by atoms with E-state index in [2.05, 4.69) is 22.5 Å². The average molecular weight is 358 g/mol. The van der Waals surface area contributed by atoms with Crippen LogP contribution in [0.3, 0.4) is 0 Å². The molecule has 3 amide bonds. The van der Waals surface area contributed by atoms with E-state index in [0.29, 0.717) is 12.8 Å². The van der Waals surface area contributed by atoms with E-state index in [4.69, 9.17) is 0 Å². The van der Waals surface area contributed by atoms with E-state index in [-0.39, 0.29) is 30.2 Å². The van der Waals surface area contributed by atoms with Crippen molar-refractivity contribution in [3.05, 3.63) is 29.8 Å². The molecule has 7 nitrogen and oxygen atoms in total. The number of amides is 3. The lowest BCUT2D eigenvalue weighted by Crippen LogP contribution is -2.49. The number of hydrogen-bond donors (Lipinski definition) is 2. The van der Waals surface area contributed by atoms with E-state index in [1.807, 2.05) is 29.2 Å². The molecule has 26 heavy (non-hydrogen) atoms. The lowest BCUT2D eigenvalue weighted by Gasteiger charge is -2.34. The number of benzene rings is 1. The Balaban J connectivity index is 1.49. The summed E-state index contributed by atoms with van der Waals surface area (Å²) in [5.74, 6) is -0.612. The van der Waals surface area contributed by atoms with Gasteiger partial charge in [-0.1, -0.05) is 19.1 Å². The minimum absolute atomic E-state index is 0.106. The summed E-state index contributed by atoms with van der Waals surface area (Å²) in [6.07, 6.45) is 0.913. The molecule has 0 aromatic heterocycles. The van der Waals surface area contributed by atoms with E-state index >= 15 is 0 Å². The average Bonchev–Trinajstić information content (AvgIpc) is 2.67. The maximum atomic E-state index is 12.3. The summed E-state index contributed by atoms with van der Waals surface area (Å²) in [7, 11) is 0. The molecule has 0 spiro atoms. The summed E-state index contributed by atoms with van der Waals surface area (Å²) in [6, 6.07) is 7.52. The fourth-order valence-corrected chi connectivity index (χ4v) is 3.45. The number of imide groups is 1. The highest BCUT2D eigenvalue weighted by molar-refractivity contribution is 6.00. The summed E-state index contributed by atoms with van der Waals surface area (Å²) in [5, 5.41) is 5.53. The highest BCUT2D eigenvalue weighted by Crippen LogP contribution is 2.25. The van der Waals surface area contributed by atoms with Crippen LogP contribution in [-0.2, 0) is 14.4 Å². The van der Waals surface area contributed by atoms with Crippen molar-refractivity contribution in [3.8, 4) is 0 Å². The van der Waals surface area contributed by atoms with E-state index in [0.717, 1.165) is 44.0 Å². The van der Waals surface area contributed by atoms with Gasteiger partial charge in [0.1, 0.15) is 0 Å². The van der Waals surface area contributed by atoms with Gasteiger partial charge in [0.15, 0.2) is 0 Å². The molecule has 140 valence electrons. The van der Waals surface area contributed by atoms with E-state index in [1.165, 1.54) is 0 Å². The van der Waals surface area contributed by atoms with Crippen molar-refractivity contribution in [2.75, 3.05) is 44.6 Å². The van der Waals surface area contributed by atoms with Gasteiger partial charge in [0.25, 0.3) is 0 Å². The second kappa shape index (κ2) is 8.31. The van der Waals surface area contributed by atoms with Gasteiger partial charge < -0.3 is 15.1 Å². The fourth-order valence-electron chi connectivity index (χ4n) is 3.45. The molecule has 2 fully saturated rings. The molecule has 0 saturated carbocycles. The third-order valence-electron chi connectivity index (χ3n) is 5.17. The van der Waals surface area contributed by atoms with Gasteiger partial charge in [-0.05, 0) is 30.7 Å². The van der Waals surface area contributed by atoms with Gasteiger partial charge in [-0.15, -0.1) is 0 Å². The monoisotopic (exact) mass is 358 g/mol. The molecule has 7 heteroatoms. The second-order valence-electron chi connectivity index (χ2n) is 6.79. The number of carbonyl (C=O) groups is 3. The van der Waals surface area contributed by atoms with Crippen LogP contribution < -0.4 is 10.6 Å². The van der Waals surface area contributed by atoms with E-state index in [9.17, 15) is 14.4 Å². The van der Waals surface area contributed by atoms with Crippen LogP contribution in [0.2, 0.25) is 0 Å². The van der Waals surface area contributed by atoms with Crippen molar-refractivity contribution in [1.29, 1.82) is 0 Å². The Morgan fingerprint density at radius 2 is 1.85 bits per heavy atom. The van der Waals surface area contributed by atoms with Gasteiger partial charge in [0.05, 0.1) is 12.5 Å². The van der Waals surface area contributed by atoms with Gasteiger partial charge in [-0.3, -0.25) is 19.7 Å². The van der Waals surface area contributed by atoms with Crippen LogP contribution in [0.4, 0.5) is 5.69 Å². The van der Waals surface area contributed by atoms with Crippen molar-refractivity contribution >= 4 is 23.4 Å². The predicted octanol–water partition coefficient (Wildman–Crippen LogP) is 0.783. The number of hydrogen-bond acceptors (Lipinski definition) is 5. The third kappa shape index (κ3) is 4.40. The van der Waals surface area contributed by atoms with Crippen LogP contribution in [0, 0.1) is 0 Å². The first-order valence-electron chi connectivity index (χ1n) is 9.24. The molecular weight excluding hydrogens is 332 g/mol. The molecule has 3 rings (SSSR count). The Bertz CT molecular complexity index is 666. The van der Waals surface area contributed by atoms with Gasteiger partial charge in [0.2, 0.25) is 17.7 Å². The lowest BCUT2D eigenvalue weighted by atomic mass is 9.90. The highest BCUT2D eigenvalue weighted by Gasteiger charge is 2.27. The molecule has 1 atom stereocenters. The lowest BCUT2D eigenvalue weighted by molar-refractivity contribution is -0.134. The summed E-state index contributed by atoms with van der Waals surface area (Å²) < 4.78 is 0.